The van der Waals surface area contributed by atoms with Gasteiger partial charge < -0.3 is 4.74 Å². The van der Waals surface area contributed by atoms with E-state index in [0.29, 0.717) is 0 Å². The van der Waals surface area contributed by atoms with E-state index in [0.717, 1.165) is 19.2 Å². The number of benzene rings is 1. The van der Waals surface area contributed by atoms with E-state index in [9.17, 15) is 19.7 Å². The lowest BCUT2D eigenvalue weighted by molar-refractivity contribution is -0.385. The van der Waals surface area contributed by atoms with Gasteiger partial charge in [0.2, 0.25) is 0 Å². The number of methoxy groups -OCH3 is 1. The minimum Gasteiger partial charge on any atom is -0.465 e. The summed E-state index contributed by atoms with van der Waals surface area (Å²) in [5, 5.41) is 19.4. The summed E-state index contributed by atoms with van der Waals surface area (Å²) in [6, 6.07) is 3.59. The number of carbonyl (C=O) groups is 2. The largest absolute Gasteiger partial charge is 0.465 e. The third kappa shape index (κ3) is 2.26. The molecule has 86 valence electrons. The highest BCUT2D eigenvalue weighted by molar-refractivity contribution is 5.94. The van der Waals surface area contributed by atoms with E-state index in [2.05, 4.69) is 4.74 Å². The number of hydrogen-bond donors (Lipinski definition) is 0. The molecular formula is C10H6N2O5. The van der Waals surface area contributed by atoms with Crippen LogP contribution in [-0.4, -0.2) is 24.3 Å². The first-order chi connectivity index (χ1) is 8.04. The molecule has 0 fully saturated rings. The molecule has 0 aliphatic rings. The summed E-state index contributed by atoms with van der Waals surface area (Å²) in [4.78, 5) is 31.8. The van der Waals surface area contributed by atoms with E-state index >= 15 is 0 Å². The van der Waals surface area contributed by atoms with Crippen molar-refractivity contribution in [3.63, 3.8) is 0 Å². The first-order valence-electron chi connectivity index (χ1n) is 4.31. The van der Waals surface area contributed by atoms with Gasteiger partial charge in [0.25, 0.3) is 5.69 Å². The lowest BCUT2D eigenvalue weighted by Crippen LogP contribution is -2.06. The maximum absolute atomic E-state index is 11.2. The van der Waals surface area contributed by atoms with Gasteiger partial charge in [-0.25, -0.2) is 4.79 Å². The van der Waals surface area contributed by atoms with Gasteiger partial charge in [-0.3, -0.25) is 14.9 Å². The van der Waals surface area contributed by atoms with Crippen LogP contribution in [0.5, 0.6) is 0 Å². The summed E-state index contributed by atoms with van der Waals surface area (Å²) in [6.45, 7) is 0. The molecule has 0 unspecified atom stereocenters. The van der Waals surface area contributed by atoms with Gasteiger partial charge in [-0.1, -0.05) is 0 Å². The molecule has 0 atom stereocenters. The molecule has 0 aromatic heterocycles. The number of nitrogens with zero attached hydrogens (tertiary/aromatic N) is 2. The van der Waals surface area contributed by atoms with Gasteiger partial charge >= 0.3 is 5.97 Å². The van der Waals surface area contributed by atoms with Gasteiger partial charge in [0.1, 0.15) is 11.6 Å². The summed E-state index contributed by atoms with van der Waals surface area (Å²) < 4.78 is 4.38. The minimum absolute atomic E-state index is 0.152. The van der Waals surface area contributed by atoms with Gasteiger partial charge in [-0.2, -0.15) is 5.26 Å². The molecule has 1 rings (SSSR count). The van der Waals surface area contributed by atoms with Crippen molar-refractivity contribution in [3.05, 3.63) is 38.9 Å². The van der Waals surface area contributed by atoms with Gasteiger partial charge in [-0.15, -0.1) is 0 Å². The topological polar surface area (TPSA) is 110 Å². The van der Waals surface area contributed by atoms with Crippen molar-refractivity contribution >= 4 is 17.9 Å². The van der Waals surface area contributed by atoms with Gasteiger partial charge in [0, 0.05) is 6.07 Å². The zero-order chi connectivity index (χ0) is 13.0. The van der Waals surface area contributed by atoms with Crippen molar-refractivity contribution in [2.24, 2.45) is 0 Å². The molecule has 1 aromatic rings. The molecule has 0 aliphatic carbocycles. The van der Waals surface area contributed by atoms with E-state index in [1.807, 2.05) is 0 Å². The van der Waals surface area contributed by atoms with Crippen molar-refractivity contribution < 1.29 is 19.2 Å². The normalized spacial score (nSPS) is 9.18. The van der Waals surface area contributed by atoms with Crippen molar-refractivity contribution in [2.45, 2.75) is 0 Å². The fraction of sp³-hybridized carbons (Fsp3) is 0.100. The fourth-order valence-corrected chi connectivity index (χ4v) is 1.24. The number of rotatable bonds is 3. The molecule has 0 saturated heterocycles. The van der Waals surface area contributed by atoms with Crippen LogP contribution in [0.2, 0.25) is 0 Å². The molecule has 0 radical (unpaired) electrons. The molecule has 0 saturated carbocycles. The zero-order valence-electron chi connectivity index (χ0n) is 8.67. The van der Waals surface area contributed by atoms with E-state index in [4.69, 9.17) is 5.26 Å². The SMILES string of the molecule is COC(=O)c1cc(C#N)c(C=O)c([N+](=O)[O-])c1. The zero-order valence-corrected chi connectivity index (χ0v) is 8.67. The highest BCUT2D eigenvalue weighted by Gasteiger charge is 2.21. The van der Waals surface area contributed by atoms with E-state index in [1.54, 1.807) is 6.07 Å². The van der Waals surface area contributed by atoms with Crippen LogP contribution in [-0.2, 0) is 4.74 Å². The maximum Gasteiger partial charge on any atom is 0.338 e. The number of nitriles is 1. The molecule has 17 heavy (non-hydrogen) atoms. The third-order valence-electron chi connectivity index (χ3n) is 2.01. The number of aldehydes is 1. The second-order valence-electron chi connectivity index (χ2n) is 2.93. The Labute approximate surface area is 95.4 Å². The van der Waals surface area contributed by atoms with Crippen molar-refractivity contribution in [2.75, 3.05) is 7.11 Å². The third-order valence-corrected chi connectivity index (χ3v) is 2.01. The Hall–Kier alpha value is -2.75. The molecular weight excluding hydrogens is 228 g/mol. The summed E-state index contributed by atoms with van der Waals surface area (Å²) in [5.74, 6) is -0.818. The van der Waals surface area contributed by atoms with Crippen LogP contribution >= 0.6 is 0 Å². The fourth-order valence-electron chi connectivity index (χ4n) is 1.24. The standard InChI is InChI=1S/C10H6N2O5/c1-17-10(14)6-2-7(4-11)8(5-13)9(3-6)12(15)16/h2-3,5H,1H3. The molecule has 0 bridgehead atoms. The Balaban J connectivity index is 3.58. The highest BCUT2D eigenvalue weighted by Crippen LogP contribution is 2.23. The molecule has 1 aromatic carbocycles. The predicted molar refractivity (Wildman–Crippen MR) is 54.5 cm³/mol. The number of carbonyl (C=O) groups excluding carboxylic acids is 2. The quantitative estimate of drug-likeness (QED) is 0.334. The lowest BCUT2D eigenvalue weighted by Gasteiger charge is -2.02. The van der Waals surface area contributed by atoms with Gasteiger partial charge in [0.15, 0.2) is 6.29 Å². The van der Waals surface area contributed by atoms with Crippen molar-refractivity contribution in [1.82, 2.24) is 0 Å². The second-order valence-corrected chi connectivity index (χ2v) is 2.93. The highest BCUT2D eigenvalue weighted by atomic mass is 16.6. The van der Waals surface area contributed by atoms with Crippen LogP contribution in [0.25, 0.3) is 0 Å². The number of esters is 1. The van der Waals surface area contributed by atoms with E-state index in [-0.39, 0.29) is 23.0 Å². The van der Waals surface area contributed by atoms with Gasteiger partial charge in [0.05, 0.1) is 23.2 Å². The number of nitro groups is 1. The van der Waals surface area contributed by atoms with Crippen LogP contribution < -0.4 is 0 Å². The Morgan fingerprint density at radius 3 is 2.65 bits per heavy atom. The molecule has 0 spiro atoms. The smallest absolute Gasteiger partial charge is 0.338 e. The Bertz CT molecular complexity index is 544. The van der Waals surface area contributed by atoms with Gasteiger partial charge in [-0.05, 0) is 6.07 Å². The summed E-state index contributed by atoms with van der Waals surface area (Å²) in [7, 11) is 1.11. The van der Waals surface area contributed by atoms with Crippen molar-refractivity contribution in [1.29, 1.82) is 5.26 Å². The van der Waals surface area contributed by atoms with Crippen LogP contribution in [0.4, 0.5) is 5.69 Å². The predicted octanol–water partition coefficient (Wildman–Crippen LogP) is 1.07. The summed E-state index contributed by atoms with van der Waals surface area (Å²) in [5.41, 5.74) is -1.35. The van der Waals surface area contributed by atoms with Crippen LogP contribution in [0, 0.1) is 21.4 Å². The van der Waals surface area contributed by atoms with E-state index in [1.165, 1.54) is 0 Å². The summed E-state index contributed by atoms with van der Waals surface area (Å²) >= 11 is 0. The monoisotopic (exact) mass is 234 g/mol. The molecule has 0 heterocycles. The summed E-state index contributed by atoms with van der Waals surface area (Å²) in [6.07, 6.45) is 0.206. The molecule has 0 aliphatic heterocycles. The average molecular weight is 234 g/mol. The molecule has 7 nitrogen and oxygen atoms in total. The van der Waals surface area contributed by atoms with Crippen LogP contribution in [0.15, 0.2) is 12.1 Å². The Morgan fingerprint density at radius 2 is 2.24 bits per heavy atom. The maximum atomic E-state index is 11.2. The first kappa shape index (κ1) is 12.3. The first-order valence-corrected chi connectivity index (χ1v) is 4.31. The Morgan fingerprint density at radius 1 is 1.59 bits per heavy atom. The van der Waals surface area contributed by atoms with E-state index < -0.39 is 16.6 Å². The lowest BCUT2D eigenvalue weighted by atomic mass is 10.0. The average Bonchev–Trinajstić information content (AvgIpc) is 2.35. The molecule has 0 N–H and O–H groups in total. The number of hydrogen-bond acceptors (Lipinski definition) is 6. The molecule has 0 amide bonds. The number of ether oxygens (including phenoxy) is 1. The van der Waals surface area contributed by atoms with Crippen LogP contribution in [0.1, 0.15) is 26.3 Å². The minimum atomic E-state index is -0.836. The second kappa shape index (κ2) is 4.85. The van der Waals surface area contributed by atoms with Crippen molar-refractivity contribution in [3.8, 4) is 6.07 Å². The molecule has 7 heteroatoms. The Kier molecular flexibility index (Phi) is 3.51. The van der Waals surface area contributed by atoms with Crippen LogP contribution in [0.3, 0.4) is 0 Å². The number of nitro benzene ring substituents is 1.